The van der Waals surface area contributed by atoms with Gasteiger partial charge in [-0.15, -0.1) is 34.0 Å². The molecule has 0 radical (unpaired) electrons. The number of carbonyl (C=O) groups excluding carboxylic acids is 1. The minimum absolute atomic E-state index is 0. The molecule has 1 fully saturated rings. The second-order valence-corrected chi connectivity index (χ2v) is 24.9. The maximum Gasteiger partial charge on any atom is 1.00 e. The molecule has 11 aromatic rings. The molecule has 1 aliphatic rings. The summed E-state index contributed by atoms with van der Waals surface area (Å²) in [4.78, 5) is 26.4. The molecule has 0 amide bonds. The summed E-state index contributed by atoms with van der Waals surface area (Å²) in [6.45, 7) is 12.6. The fourth-order valence-corrected chi connectivity index (χ4v) is 12.3. The van der Waals surface area contributed by atoms with Crippen LogP contribution in [-0.4, -0.2) is 52.6 Å². The summed E-state index contributed by atoms with van der Waals surface area (Å²) in [6, 6.07) is 38.7. The van der Waals surface area contributed by atoms with Crippen LogP contribution in [0.25, 0.3) is 55.2 Å². The van der Waals surface area contributed by atoms with Gasteiger partial charge in [-0.3, -0.25) is 9.59 Å². The van der Waals surface area contributed by atoms with E-state index < -0.39 is 24.3 Å². The number of aliphatic hydroxyl groups is 1. The standard InChI is InChI=1S/C24H23NO4S.C22H19NO4S.C15H19BO4.C5H6BrNS.Li.H2O/c1-2-27-23(26)12-17-5-3-4-6-22(17)29-14-16-9-18-7-8-28-24(18)21(10-16)19-11-20(13-25)30-15-19;23-11-18-9-17(13-28-18)19-8-14(7-16-5-6-26-22(16)19)12-27-20-4-2-1-3-15(20)10-21(24)25;1-14(2)15(3,4)20-16(19-14)12-8-10(9-17)7-11-5-6-18-13(11)12;6-4-1-5(2-7)8-3-4;;/h3-11,15H,2,12-14,25H2,1H3;1-9,13H,10-12,23H2,(H,24,25);5-8,17H,9H2,1-4H3;1,3H,2,7H2;;1H2/q;;;;+1;/p-1. The normalized spacial score (nSPS) is 12.9. The molecule has 88 heavy (non-hydrogen) atoms. The average molecular weight is 1310 g/mol. The first-order chi connectivity index (χ1) is 41.5. The number of halogens is 1. The zero-order valence-electron chi connectivity index (χ0n) is 49.7. The van der Waals surface area contributed by atoms with Crippen molar-refractivity contribution in [2.45, 2.75) is 98.1 Å². The van der Waals surface area contributed by atoms with Gasteiger partial charge in [0.15, 0.2) is 0 Å². The SMILES string of the molecule is CC1(C)OB(c2cc(CO)cc3ccoc23)OC1(C)C.CCOC(=O)Cc1ccccc1OCc1cc(-c2csc(CN)c2)c2occc2c1.NCc1cc(-c2cc(COc3ccccc3CC(=O)O)cc3ccoc23)cs1.NCc1cc(Br)cs1.[Li+].[OH-]. The molecule has 0 atom stereocenters. The van der Waals surface area contributed by atoms with Crippen molar-refractivity contribution in [3.63, 3.8) is 0 Å². The first-order valence-electron chi connectivity index (χ1n) is 27.7. The number of fused-ring (bicyclic) bond motifs is 3. The molecular weight excluding hydrogens is 1240 g/mol. The van der Waals surface area contributed by atoms with E-state index in [-0.39, 0.29) is 49.8 Å². The van der Waals surface area contributed by atoms with Gasteiger partial charge >= 0.3 is 37.9 Å². The topological polar surface area (TPSA) is 268 Å². The van der Waals surface area contributed by atoms with Gasteiger partial charge in [0.1, 0.15) is 41.5 Å². The molecule has 0 saturated carbocycles. The van der Waals surface area contributed by atoms with E-state index in [1.54, 1.807) is 71.9 Å². The summed E-state index contributed by atoms with van der Waals surface area (Å²) in [5.41, 5.74) is 27.8. The third-order valence-electron chi connectivity index (χ3n) is 14.4. The van der Waals surface area contributed by atoms with E-state index in [0.717, 1.165) is 97.1 Å². The van der Waals surface area contributed by atoms with Crippen LogP contribution >= 0.6 is 49.9 Å². The molecule has 7 heterocycles. The van der Waals surface area contributed by atoms with Crippen molar-refractivity contribution >= 4 is 107 Å². The second-order valence-electron chi connectivity index (χ2n) is 21.0. The second kappa shape index (κ2) is 31.6. The van der Waals surface area contributed by atoms with Gasteiger partial charge in [-0.1, -0.05) is 42.5 Å². The molecule has 22 heteroatoms. The molecule has 0 aliphatic carbocycles. The Balaban J connectivity index is 0.000000177. The molecule has 12 rings (SSSR count). The quantitative estimate of drug-likeness (QED) is 0.0395. The number of rotatable bonds is 18. The number of benzene rings is 5. The minimum Gasteiger partial charge on any atom is -0.870 e. The molecule has 1 aliphatic heterocycles. The van der Waals surface area contributed by atoms with Crippen LogP contribution in [0.3, 0.4) is 0 Å². The number of nitrogens with two attached hydrogens (primary N) is 3. The van der Waals surface area contributed by atoms with Crippen LogP contribution in [0.5, 0.6) is 11.5 Å². The third-order valence-corrected chi connectivity index (χ3v) is 18.1. The van der Waals surface area contributed by atoms with Crippen LogP contribution in [0.4, 0.5) is 0 Å². The number of furan rings is 3. The smallest absolute Gasteiger partial charge is 0.870 e. The van der Waals surface area contributed by atoms with Crippen LogP contribution < -0.4 is 51.0 Å². The van der Waals surface area contributed by atoms with E-state index in [4.69, 9.17) is 59.1 Å². The molecule has 16 nitrogen and oxygen atoms in total. The predicted molar refractivity (Wildman–Crippen MR) is 348 cm³/mol. The summed E-state index contributed by atoms with van der Waals surface area (Å²) in [7, 11) is -0.486. The first-order valence-corrected chi connectivity index (χ1v) is 31.2. The van der Waals surface area contributed by atoms with Gasteiger partial charge in [0, 0.05) is 88.0 Å². The zero-order valence-corrected chi connectivity index (χ0v) is 53.7. The Labute approximate surface area is 543 Å². The minimum atomic E-state index is -0.883. The van der Waals surface area contributed by atoms with Crippen molar-refractivity contribution in [1.82, 2.24) is 0 Å². The van der Waals surface area contributed by atoms with Crippen molar-refractivity contribution in [1.29, 1.82) is 0 Å². The van der Waals surface area contributed by atoms with Crippen molar-refractivity contribution in [2.24, 2.45) is 17.2 Å². The van der Waals surface area contributed by atoms with Crippen LogP contribution in [0.2, 0.25) is 0 Å². The van der Waals surface area contributed by atoms with E-state index in [0.29, 0.717) is 56.5 Å². The number of hydrogen-bond acceptors (Lipinski definition) is 18. The van der Waals surface area contributed by atoms with Gasteiger partial charge in [0.2, 0.25) is 0 Å². The van der Waals surface area contributed by atoms with E-state index in [1.807, 2.05) is 118 Å². The Bertz CT molecular complexity index is 4060. The molecule has 9 N–H and O–H groups in total. The largest absolute Gasteiger partial charge is 1.00 e. The van der Waals surface area contributed by atoms with Crippen LogP contribution in [0.15, 0.2) is 174 Å². The molecule has 0 unspecified atom stereocenters. The predicted octanol–water partition coefficient (Wildman–Crippen LogP) is 11.2. The average Bonchev–Trinajstić information content (AvgIpc) is 3.51. The number of esters is 1. The Kier molecular flexibility index (Phi) is 24.7. The maximum absolute atomic E-state index is 11.9. The summed E-state index contributed by atoms with van der Waals surface area (Å²) in [5.74, 6) is 0.121. The van der Waals surface area contributed by atoms with Gasteiger partial charge in [-0.05, 0) is 168 Å². The molecule has 454 valence electrons. The Morgan fingerprint density at radius 2 is 1.03 bits per heavy atom. The van der Waals surface area contributed by atoms with Crippen molar-refractivity contribution < 1.29 is 80.9 Å². The van der Waals surface area contributed by atoms with Crippen molar-refractivity contribution in [3.8, 4) is 33.8 Å². The maximum atomic E-state index is 11.9. The third kappa shape index (κ3) is 17.1. The Morgan fingerprint density at radius 3 is 1.47 bits per heavy atom. The van der Waals surface area contributed by atoms with E-state index >= 15 is 0 Å². The van der Waals surface area contributed by atoms with Crippen LogP contribution in [0, 0.1) is 0 Å². The van der Waals surface area contributed by atoms with E-state index in [9.17, 15) is 14.7 Å². The van der Waals surface area contributed by atoms with Crippen molar-refractivity contribution in [3.05, 3.63) is 203 Å². The summed E-state index contributed by atoms with van der Waals surface area (Å²) >= 11 is 8.27. The molecule has 1 saturated heterocycles. The number of carboxylic acid groups (broad SMARTS) is 1. The van der Waals surface area contributed by atoms with Gasteiger partial charge in [-0.2, -0.15) is 0 Å². The first kappa shape index (κ1) is 68.7. The van der Waals surface area contributed by atoms with Gasteiger partial charge in [-0.25, -0.2) is 0 Å². The summed E-state index contributed by atoms with van der Waals surface area (Å²) in [6.07, 6.45) is 5.13. The zero-order chi connectivity index (χ0) is 61.0. The van der Waals surface area contributed by atoms with Gasteiger partial charge in [0.05, 0.1) is 56.0 Å². The summed E-state index contributed by atoms with van der Waals surface area (Å²) in [5, 5.41) is 27.6. The number of ether oxygens (including phenoxy) is 3. The van der Waals surface area contributed by atoms with E-state index in [1.165, 1.54) is 4.88 Å². The number of aliphatic carboxylic acids is 1. The number of aliphatic hydroxyl groups excluding tert-OH is 1. The fraction of sp³-hybridized carbons (Fsp3) is 0.242. The number of carboxylic acids is 1. The summed E-state index contributed by atoms with van der Waals surface area (Å²) < 4.78 is 47.3. The van der Waals surface area contributed by atoms with Crippen LogP contribution in [-0.2, 0) is 75.9 Å². The van der Waals surface area contributed by atoms with Gasteiger partial charge in [0.25, 0.3) is 0 Å². The van der Waals surface area contributed by atoms with Crippen LogP contribution in [0.1, 0.15) is 77.1 Å². The molecule has 5 aromatic carbocycles. The number of hydrogen-bond donors (Lipinski definition) is 5. The fourth-order valence-electron chi connectivity index (χ4n) is 9.45. The number of carbonyl (C=O) groups is 2. The van der Waals surface area contributed by atoms with Gasteiger partial charge < -0.3 is 69.7 Å². The Morgan fingerprint density at radius 1 is 0.591 bits per heavy atom. The molecule has 0 bridgehead atoms. The number of para-hydroxylation sites is 2. The number of thiophene rings is 3. The van der Waals surface area contributed by atoms with Crippen molar-refractivity contribution in [2.75, 3.05) is 6.61 Å². The molecular formula is C66H68BBrLiN3O13S3. The molecule has 0 spiro atoms. The Hall–Kier alpha value is -6.78. The molecule has 6 aromatic heterocycles. The van der Waals surface area contributed by atoms with E-state index in [2.05, 4.69) is 51.0 Å². The monoisotopic (exact) mass is 1300 g/mol.